The smallest absolute Gasteiger partial charge is 0.237 e. The lowest BCUT2D eigenvalue weighted by atomic mass is 10.2. The summed E-state index contributed by atoms with van der Waals surface area (Å²) in [7, 11) is 0. The molecule has 0 N–H and O–H groups in total. The Hall–Kier alpha value is -0.910. The van der Waals surface area contributed by atoms with E-state index in [1.165, 1.54) is 4.88 Å². The van der Waals surface area contributed by atoms with E-state index in [9.17, 15) is 4.79 Å². The Morgan fingerprint density at radius 2 is 2.40 bits per heavy atom. The molecule has 0 bridgehead atoms. The lowest BCUT2D eigenvalue weighted by Crippen LogP contribution is -2.46. The van der Waals surface area contributed by atoms with Crippen LogP contribution in [0.3, 0.4) is 0 Å². The van der Waals surface area contributed by atoms with Gasteiger partial charge in [-0.05, 0) is 31.2 Å². The Kier molecular flexibility index (Phi) is 4.38. The van der Waals surface area contributed by atoms with Gasteiger partial charge in [-0.3, -0.25) is 9.69 Å². The molecule has 0 aliphatic carbocycles. The molecule has 1 aromatic rings. The van der Waals surface area contributed by atoms with Gasteiger partial charge >= 0.3 is 0 Å². The predicted octanol–water partition coefficient (Wildman–Crippen LogP) is 2.13. The van der Waals surface area contributed by atoms with Crippen molar-refractivity contribution in [3.63, 3.8) is 0 Å². The summed E-state index contributed by atoms with van der Waals surface area (Å²) in [6.07, 6.45) is 2.46. The molecule has 0 radical (unpaired) electrons. The normalized spacial score (nSPS) is 27.9. The van der Waals surface area contributed by atoms with Crippen molar-refractivity contribution < 1.29 is 9.53 Å². The first-order valence-corrected chi connectivity index (χ1v) is 8.29. The molecule has 0 spiro atoms. The number of rotatable bonds is 3. The topological polar surface area (TPSA) is 32.8 Å². The second kappa shape index (κ2) is 6.24. The molecule has 1 amide bonds. The summed E-state index contributed by atoms with van der Waals surface area (Å²) in [5.41, 5.74) is 0. The molecule has 0 saturated carbocycles. The van der Waals surface area contributed by atoms with Crippen LogP contribution < -0.4 is 0 Å². The van der Waals surface area contributed by atoms with E-state index in [4.69, 9.17) is 4.74 Å². The Morgan fingerprint density at radius 3 is 3.15 bits per heavy atom. The zero-order valence-corrected chi connectivity index (χ0v) is 12.8. The van der Waals surface area contributed by atoms with Crippen molar-refractivity contribution in [1.29, 1.82) is 0 Å². The molecule has 2 aliphatic heterocycles. The molecule has 20 heavy (non-hydrogen) atoms. The minimum absolute atomic E-state index is 0.239. The van der Waals surface area contributed by atoms with Crippen LogP contribution in [-0.4, -0.2) is 54.6 Å². The number of nitrogens with zero attached hydrogens (tertiary/aromatic N) is 2. The monoisotopic (exact) mass is 294 g/mol. The molecule has 110 valence electrons. The summed E-state index contributed by atoms with van der Waals surface area (Å²) in [6, 6.07) is 4.53. The van der Waals surface area contributed by atoms with Gasteiger partial charge in [0.1, 0.15) is 0 Å². The number of carbonyl (C=O) groups excluding carboxylic acids is 1. The molecular formula is C15H22N2O2S. The predicted molar refractivity (Wildman–Crippen MR) is 79.9 cm³/mol. The van der Waals surface area contributed by atoms with E-state index in [1.807, 2.05) is 0 Å². The van der Waals surface area contributed by atoms with Crippen molar-refractivity contribution >= 4 is 17.2 Å². The highest BCUT2D eigenvalue weighted by Crippen LogP contribution is 2.34. The lowest BCUT2D eigenvalue weighted by molar-refractivity contribution is -0.135. The molecule has 2 aliphatic rings. The number of morpholine rings is 1. The fourth-order valence-electron chi connectivity index (χ4n) is 3.16. The third-order valence-electron chi connectivity index (χ3n) is 4.13. The number of ether oxygens (including phenoxy) is 1. The standard InChI is InChI=1S/C15H22N2O2S/c1-12-10-16(7-8-19-12)11-15(18)17-6-2-4-13(17)14-5-3-9-20-14/h3,5,9,12-13H,2,4,6-8,10-11H2,1H3. The lowest BCUT2D eigenvalue weighted by Gasteiger charge is -2.33. The van der Waals surface area contributed by atoms with Crippen LogP contribution in [0.5, 0.6) is 0 Å². The largest absolute Gasteiger partial charge is 0.376 e. The number of carbonyl (C=O) groups is 1. The fraction of sp³-hybridized carbons (Fsp3) is 0.667. The first-order chi connectivity index (χ1) is 9.74. The van der Waals surface area contributed by atoms with Gasteiger partial charge in [-0.15, -0.1) is 11.3 Å². The first-order valence-electron chi connectivity index (χ1n) is 7.41. The van der Waals surface area contributed by atoms with Crippen LogP contribution in [0.1, 0.15) is 30.7 Å². The van der Waals surface area contributed by atoms with Gasteiger partial charge in [0.25, 0.3) is 0 Å². The molecule has 5 heteroatoms. The van der Waals surface area contributed by atoms with Crippen LogP contribution in [0, 0.1) is 0 Å². The maximum Gasteiger partial charge on any atom is 0.237 e. The van der Waals surface area contributed by atoms with E-state index in [0.29, 0.717) is 12.6 Å². The summed E-state index contributed by atoms with van der Waals surface area (Å²) in [5.74, 6) is 0.273. The van der Waals surface area contributed by atoms with Gasteiger partial charge in [0.05, 0.1) is 25.3 Å². The van der Waals surface area contributed by atoms with E-state index >= 15 is 0 Å². The molecule has 4 nitrogen and oxygen atoms in total. The summed E-state index contributed by atoms with van der Waals surface area (Å²) in [4.78, 5) is 18.2. The highest BCUT2D eigenvalue weighted by molar-refractivity contribution is 7.10. The van der Waals surface area contributed by atoms with Crippen LogP contribution in [0.15, 0.2) is 17.5 Å². The van der Waals surface area contributed by atoms with E-state index in [2.05, 4.69) is 34.2 Å². The molecule has 2 fully saturated rings. The van der Waals surface area contributed by atoms with E-state index in [1.54, 1.807) is 11.3 Å². The average Bonchev–Trinajstić information content (AvgIpc) is 3.09. The third-order valence-corrected chi connectivity index (χ3v) is 5.10. The van der Waals surface area contributed by atoms with Crippen molar-refractivity contribution in [2.75, 3.05) is 32.8 Å². The molecular weight excluding hydrogens is 272 g/mol. The molecule has 2 saturated heterocycles. The van der Waals surface area contributed by atoms with Crippen molar-refractivity contribution in [3.8, 4) is 0 Å². The number of hydrogen-bond acceptors (Lipinski definition) is 4. The van der Waals surface area contributed by atoms with Gasteiger partial charge in [0.2, 0.25) is 5.91 Å². The molecule has 3 rings (SSSR count). The maximum absolute atomic E-state index is 12.6. The Balaban J connectivity index is 1.61. The average molecular weight is 294 g/mol. The number of hydrogen-bond donors (Lipinski definition) is 0. The summed E-state index contributed by atoms with van der Waals surface area (Å²) >= 11 is 1.76. The highest BCUT2D eigenvalue weighted by Gasteiger charge is 2.31. The van der Waals surface area contributed by atoms with Crippen LogP contribution in [0.2, 0.25) is 0 Å². The quantitative estimate of drug-likeness (QED) is 0.856. The first kappa shape index (κ1) is 14.0. The molecule has 0 aromatic carbocycles. The molecule has 3 heterocycles. The molecule has 2 atom stereocenters. The molecule has 1 aromatic heterocycles. The Labute approximate surface area is 124 Å². The van der Waals surface area contributed by atoms with Gasteiger partial charge in [-0.2, -0.15) is 0 Å². The summed E-state index contributed by atoms with van der Waals surface area (Å²) in [6.45, 7) is 5.98. The number of likely N-dealkylation sites (tertiary alicyclic amines) is 1. The van der Waals surface area contributed by atoms with Crippen molar-refractivity contribution in [2.45, 2.75) is 31.9 Å². The van der Waals surface area contributed by atoms with Gasteiger partial charge < -0.3 is 9.64 Å². The van der Waals surface area contributed by atoms with E-state index < -0.39 is 0 Å². The van der Waals surface area contributed by atoms with E-state index in [0.717, 1.165) is 39.1 Å². The van der Waals surface area contributed by atoms with Gasteiger partial charge in [0.15, 0.2) is 0 Å². The maximum atomic E-state index is 12.6. The van der Waals surface area contributed by atoms with Crippen LogP contribution in [0.25, 0.3) is 0 Å². The Bertz CT molecular complexity index is 449. The van der Waals surface area contributed by atoms with E-state index in [-0.39, 0.29) is 12.0 Å². The highest BCUT2D eigenvalue weighted by atomic mass is 32.1. The second-order valence-electron chi connectivity index (χ2n) is 5.68. The minimum atomic E-state index is 0.239. The van der Waals surface area contributed by atoms with Gasteiger partial charge in [-0.1, -0.05) is 6.07 Å². The molecule has 2 unspecified atom stereocenters. The van der Waals surface area contributed by atoms with Gasteiger partial charge in [-0.25, -0.2) is 0 Å². The second-order valence-corrected chi connectivity index (χ2v) is 6.66. The van der Waals surface area contributed by atoms with Crippen LogP contribution in [-0.2, 0) is 9.53 Å². The van der Waals surface area contributed by atoms with Crippen LogP contribution >= 0.6 is 11.3 Å². The van der Waals surface area contributed by atoms with Gasteiger partial charge in [0, 0.05) is 24.5 Å². The van der Waals surface area contributed by atoms with Crippen molar-refractivity contribution in [3.05, 3.63) is 22.4 Å². The third kappa shape index (κ3) is 3.05. The Morgan fingerprint density at radius 1 is 1.50 bits per heavy atom. The number of amides is 1. The van der Waals surface area contributed by atoms with Crippen molar-refractivity contribution in [2.24, 2.45) is 0 Å². The zero-order chi connectivity index (χ0) is 13.9. The number of thiophene rings is 1. The fourth-order valence-corrected chi connectivity index (χ4v) is 4.03. The zero-order valence-electron chi connectivity index (χ0n) is 12.0. The SMILES string of the molecule is CC1CN(CC(=O)N2CCCC2c2cccs2)CCO1. The summed E-state index contributed by atoms with van der Waals surface area (Å²) < 4.78 is 5.53. The minimum Gasteiger partial charge on any atom is -0.376 e. The summed E-state index contributed by atoms with van der Waals surface area (Å²) in [5, 5.41) is 2.10. The van der Waals surface area contributed by atoms with Crippen molar-refractivity contribution in [1.82, 2.24) is 9.80 Å². The van der Waals surface area contributed by atoms with Crippen LogP contribution in [0.4, 0.5) is 0 Å².